The van der Waals surface area contributed by atoms with Crippen molar-refractivity contribution in [3.05, 3.63) is 0 Å². The summed E-state index contributed by atoms with van der Waals surface area (Å²) in [5.74, 6) is 1.11. The first-order valence-corrected chi connectivity index (χ1v) is 7.94. The van der Waals surface area contributed by atoms with Gasteiger partial charge in [0.1, 0.15) is 0 Å². The van der Waals surface area contributed by atoms with Crippen molar-refractivity contribution in [3.63, 3.8) is 0 Å². The van der Waals surface area contributed by atoms with Crippen molar-refractivity contribution in [2.24, 2.45) is 17.3 Å². The summed E-state index contributed by atoms with van der Waals surface area (Å²) in [7, 11) is 0. The summed E-state index contributed by atoms with van der Waals surface area (Å²) >= 11 is 0. The van der Waals surface area contributed by atoms with Crippen LogP contribution in [-0.4, -0.2) is 47.0 Å². The molecule has 4 unspecified atom stereocenters. The van der Waals surface area contributed by atoms with E-state index in [1.54, 1.807) is 0 Å². The van der Waals surface area contributed by atoms with Crippen molar-refractivity contribution < 1.29 is 10.2 Å². The molecule has 0 radical (unpaired) electrons. The molecule has 0 aromatic rings. The van der Waals surface area contributed by atoms with Crippen LogP contribution in [0.25, 0.3) is 0 Å². The fourth-order valence-electron chi connectivity index (χ4n) is 3.76. The van der Waals surface area contributed by atoms with Crippen LogP contribution in [-0.2, 0) is 0 Å². The lowest BCUT2D eigenvalue weighted by atomic mass is 9.68. The SMILES string of the molecule is CC(C)(C)C1CCC(O)C(CN2CCCC(O)C2)C1. The first-order valence-electron chi connectivity index (χ1n) is 7.94. The van der Waals surface area contributed by atoms with Crippen LogP contribution in [0.5, 0.6) is 0 Å². The summed E-state index contributed by atoms with van der Waals surface area (Å²) in [6.45, 7) is 9.79. The standard InChI is InChI=1S/C16H31NO2/c1-16(2,3)13-6-7-15(19)12(9-13)10-17-8-4-5-14(18)11-17/h12-15,18-19H,4-11H2,1-3H3. The van der Waals surface area contributed by atoms with Crippen molar-refractivity contribution in [1.82, 2.24) is 4.90 Å². The van der Waals surface area contributed by atoms with E-state index in [2.05, 4.69) is 25.7 Å². The van der Waals surface area contributed by atoms with Gasteiger partial charge in [0.25, 0.3) is 0 Å². The topological polar surface area (TPSA) is 43.7 Å². The number of hydrogen-bond acceptors (Lipinski definition) is 3. The monoisotopic (exact) mass is 269 g/mol. The molecule has 1 saturated heterocycles. The number of aliphatic hydroxyl groups is 2. The number of piperidine rings is 1. The molecule has 1 aliphatic carbocycles. The molecule has 3 heteroatoms. The minimum absolute atomic E-state index is 0.141. The van der Waals surface area contributed by atoms with Gasteiger partial charge in [0.05, 0.1) is 12.2 Å². The first kappa shape index (κ1) is 15.3. The van der Waals surface area contributed by atoms with Gasteiger partial charge >= 0.3 is 0 Å². The van der Waals surface area contributed by atoms with Crippen molar-refractivity contribution >= 4 is 0 Å². The Morgan fingerprint density at radius 1 is 1.11 bits per heavy atom. The van der Waals surface area contributed by atoms with Gasteiger partial charge in [-0.05, 0) is 55.9 Å². The van der Waals surface area contributed by atoms with Gasteiger partial charge in [-0.15, -0.1) is 0 Å². The highest BCUT2D eigenvalue weighted by molar-refractivity contribution is 4.87. The number of aliphatic hydroxyl groups excluding tert-OH is 2. The van der Waals surface area contributed by atoms with Gasteiger partial charge in [-0.2, -0.15) is 0 Å². The van der Waals surface area contributed by atoms with E-state index in [9.17, 15) is 10.2 Å². The van der Waals surface area contributed by atoms with Crippen molar-refractivity contribution in [3.8, 4) is 0 Å². The average molecular weight is 269 g/mol. The van der Waals surface area contributed by atoms with Gasteiger partial charge < -0.3 is 15.1 Å². The number of β-amino-alcohol motifs (C(OH)–C–C–N with tert-alkyl or cyclic N) is 1. The van der Waals surface area contributed by atoms with E-state index < -0.39 is 0 Å². The van der Waals surface area contributed by atoms with E-state index >= 15 is 0 Å². The molecule has 1 aliphatic heterocycles. The lowest BCUT2D eigenvalue weighted by Gasteiger charge is -2.42. The van der Waals surface area contributed by atoms with Crippen LogP contribution in [0.1, 0.15) is 52.9 Å². The van der Waals surface area contributed by atoms with Crippen LogP contribution in [0, 0.1) is 17.3 Å². The van der Waals surface area contributed by atoms with Gasteiger partial charge in [-0.3, -0.25) is 0 Å². The first-order chi connectivity index (χ1) is 8.86. The van der Waals surface area contributed by atoms with Gasteiger partial charge in [0, 0.05) is 13.1 Å². The van der Waals surface area contributed by atoms with Crippen LogP contribution >= 0.6 is 0 Å². The molecule has 0 spiro atoms. The largest absolute Gasteiger partial charge is 0.393 e. The highest BCUT2D eigenvalue weighted by Gasteiger charge is 2.36. The molecule has 0 amide bonds. The Labute approximate surface area is 118 Å². The third kappa shape index (κ3) is 4.17. The zero-order valence-electron chi connectivity index (χ0n) is 12.8. The lowest BCUT2D eigenvalue weighted by molar-refractivity contribution is -0.0115. The second kappa shape index (κ2) is 6.11. The Kier molecular flexibility index (Phi) is 4.91. The predicted octanol–water partition coefficient (Wildman–Crippen LogP) is 2.27. The minimum Gasteiger partial charge on any atom is -0.393 e. The maximum Gasteiger partial charge on any atom is 0.0667 e. The van der Waals surface area contributed by atoms with Crippen LogP contribution in [0.4, 0.5) is 0 Å². The molecule has 0 bridgehead atoms. The van der Waals surface area contributed by atoms with Crippen LogP contribution in [0.2, 0.25) is 0 Å². The normalized spacial score (nSPS) is 38.4. The molecule has 19 heavy (non-hydrogen) atoms. The molecule has 2 fully saturated rings. The summed E-state index contributed by atoms with van der Waals surface area (Å²) in [5.41, 5.74) is 0.347. The number of hydrogen-bond donors (Lipinski definition) is 2. The molecule has 0 aromatic heterocycles. The Bertz CT molecular complexity index is 287. The smallest absolute Gasteiger partial charge is 0.0667 e. The van der Waals surface area contributed by atoms with Crippen LogP contribution in [0.15, 0.2) is 0 Å². The molecule has 3 nitrogen and oxygen atoms in total. The van der Waals surface area contributed by atoms with Crippen LogP contribution in [0.3, 0.4) is 0 Å². The predicted molar refractivity (Wildman–Crippen MR) is 78.0 cm³/mol. The highest BCUT2D eigenvalue weighted by atomic mass is 16.3. The second-order valence-electron chi connectivity index (χ2n) is 7.76. The number of rotatable bonds is 2. The van der Waals surface area contributed by atoms with E-state index in [0.29, 0.717) is 11.3 Å². The van der Waals surface area contributed by atoms with Crippen molar-refractivity contribution in [2.45, 2.75) is 65.1 Å². The van der Waals surface area contributed by atoms with Gasteiger partial charge in [-0.1, -0.05) is 20.8 Å². The van der Waals surface area contributed by atoms with E-state index in [0.717, 1.165) is 57.7 Å². The Morgan fingerprint density at radius 2 is 1.84 bits per heavy atom. The fraction of sp³-hybridized carbons (Fsp3) is 1.00. The minimum atomic E-state index is -0.159. The average Bonchev–Trinajstić information content (AvgIpc) is 2.30. The highest BCUT2D eigenvalue weighted by Crippen LogP contribution is 2.40. The van der Waals surface area contributed by atoms with Gasteiger partial charge in [0.2, 0.25) is 0 Å². The zero-order chi connectivity index (χ0) is 14.0. The van der Waals surface area contributed by atoms with Crippen molar-refractivity contribution in [2.75, 3.05) is 19.6 Å². The van der Waals surface area contributed by atoms with Crippen molar-refractivity contribution in [1.29, 1.82) is 0 Å². The summed E-state index contributed by atoms with van der Waals surface area (Å²) in [6.07, 6.45) is 4.97. The molecule has 0 aromatic carbocycles. The van der Waals surface area contributed by atoms with Gasteiger partial charge in [-0.25, -0.2) is 0 Å². The Morgan fingerprint density at radius 3 is 2.47 bits per heavy atom. The molecule has 112 valence electrons. The zero-order valence-corrected chi connectivity index (χ0v) is 12.8. The molecular formula is C16H31NO2. The molecular weight excluding hydrogens is 238 g/mol. The molecule has 4 atom stereocenters. The third-order valence-electron chi connectivity index (χ3n) is 5.14. The Hall–Kier alpha value is -0.120. The molecule has 2 rings (SSSR count). The summed E-state index contributed by atoms with van der Waals surface area (Å²) in [6, 6.07) is 0. The fourth-order valence-corrected chi connectivity index (χ4v) is 3.76. The maximum absolute atomic E-state index is 10.3. The van der Waals surface area contributed by atoms with E-state index in [-0.39, 0.29) is 12.2 Å². The number of likely N-dealkylation sites (tertiary alicyclic amines) is 1. The van der Waals surface area contributed by atoms with E-state index in [1.807, 2.05) is 0 Å². The Balaban J connectivity index is 1.90. The third-order valence-corrected chi connectivity index (χ3v) is 5.14. The second-order valence-corrected chi connectivity index (χ2v) is 7.76. The number of nitrogens with zero attached hydrogens (tertiary/aromatic N) is 1. The summed E-state index contributed by atoms with van der Waals surface area (Å²) in [4.78, 5) is 2.35. The molecule has 2 aliphatic rings. The van der Waals surface area contributed by atoms with Crippen LogP contribution < -0.4 is 0 Å². The maximum atomic E-state index is 10.3. The van der Waals surface area contributed by atoms with E-state index in [1.165, 1.54) is 0 Å². The quantitative estimate of drug-likeness (QED) is 0.808. The molecule has 2 N–H and O–H groups in total. The summed E-state index contributed by atoms with van der Waals surface area (Å²) < 4.78 is 0. The van der Waals surface area contributed by atoms with Gasteiger partial charge in [0.15, 0.2) is 0 Å². The molecule has 1 heterocycles. The molecule has 1 saturated carbocycles. The van der Waals surface area contributed by atoms with E-state index in [4.69, 9.17) is 0 Å². The summed E-state index contributed by atoms with van der Waals surface area (Å²) in [5, 5.41) is 20.0. The lowest BCUT2D eigenvalue weighted by Crippen LogP contribution is -2.45.